The van der Waals surface area contributed by atoms with E-state index < -0.39 is 12.2 Å². The first-order chi connectivity index (χ1) is 13.0. The van der Waals surface area contributed by atoms with Crippen LogP contribution in [0.3, 0.4) is 0 Å². The van der Waals surface area contributed by atoms with Crippen molar-refractivity contribution in [3.05, 3.63) is 59.7 Å². The molecule has 0 aliphatic heterocycles. The molecule has 0 heterocycles. The topological polar surface area (TPSA) is 106 Å². The van der Waals surface area contributed by atoms with Crippen LogP contribution in [0.5, 0.6) is 0 Å². The molecule has 2 aromatic carbocycles. The molecule has 3 N–H and O–H groups in total. The van der Waals surface area contributed by atoms with E-state index in [0.717, 1.165) is 5.56 Å². The second-order valence-electron chi connectivity index (χ2n) is 5.42. The summed E-state index contributed by atoms with van der Waals surface area (Å²) in [6.45, 7) is 2.29. The SMILES string of the molecule is CCOC(=O)Nc1cccc(C(=O)NCc2ccc(NC(=O)OC)cc2)c1. The van der Waals surface area contributed by atoms with Gasteiger partial charge in [0.05, 0.1) is 13.7 Å². The van der Waals surface area contributed by atoms with Crippen LogP contribution in [0.4, 0.5) is 21.0 Å². The maximum atomic E-state index is 12.3. The molecule has 0 fully saturated rings. The van der Waals surface area contributed by atoms with Gasteiger partial charge in [0.25, 0.3) is 5.91 Å². The fourth-order valence-electron chi connectivity index (χ4n) is 2.18. The minimum absolute atomic E-state index is 0.264. The molecule has 0 aromatic heterocycles. The van der Waals surface area contributed by atoms with Crippen molar-refractivity contribution in [3.8, 4) is 0 Å². The van der Waals surface area contributed by atoms with Crippen LogP contribution in [-0.4, -0.2) is 31.8 Å². The van der Waals surface area contributed by atoms with Crippen molar-refractivity contribution in [1.29, 1.82) is 0 Å². The van der Waals surface area contributed by atoms with Crippen LogP contribution in [0, 0.1) is 0 Å². The van der Waals surface area contributed by atoms with Gasteiger partial charge in [0.1, 0.15) is 0 Å². The average molecular weight is 371 g/mol. The zero-order valence-electron chi connectivity index (χ0n) is 15.1. The zero-order valence-corrected chi connectivity index (χ0v) is 15.1. The highest BCUT2D eigenvalue weighted by molar-refractivity contribution is 5.96. The van der Waals surface area contributed by atoms with Crippen LogP contribution in [0.15, 0.2) is 48.5 Å². The highest BCUT2D eigenvalue weighted by atomic mass is 16.5. The lowest BCUT2D eigenvalue weighted by atomic mass is 10.1. The largest absolute Gasteiger partial charge is 0.453 e. The van der Waals surface area contributed by atoms with E-state index in [1.807, 2.05) is 0 Å². The van der Waals surface area contributed by atoms with Crippen LogP contribution in [0.25, 0.3) is 0 Å². The summed E-state index contributed by atoms with van der Waals surface area (Å²) in [6.07, 6.45) is -1.12. The number of benzene rings is 2. The number of methoxy groups -OCH3 is 1. The van der Waals surface area contributed by atoms with E-state index in [-0.39, 0.29) is 12.5 Å². The fourth-order valence-corrected chi connectivity index (χ4v) is 2.18. The molecule has 8 heteroatoms. The summed E-state index contributed by atoms with van der Waals surface area (Å²) in [6, 6.07) is 13.5. The predicted octanol–water partition coefficient (Wildman–Crippen LogP) is 3.36. The third kappa shape index (κ3) is 6.35. The van der Waals surface area contributed by atoms with Gasteiger partial charge in [-0.1, -0.05) is 18.2 Å². The Bertz CT molecular complexity index is 805. The van der Waals surface area contributed by atoms with Crippen LogP contribution < -0.4 is 16.0 Å². The van der Waals surface area contributed by atoms with Gasteiger partial charge in [-0.2, -0.15) is 0 Å². The molecule has 0 saturated carbocycles. The summed E-state index contributed by atoms with van der Waals surface area (Å²) >= 11 is 0. The zero-order chi connectivity index (χ0) is 19.6. The molecule has 0 aliphatic rings. The van der Waals surface area contributed by atoms with E-state index in [1.165, 1.54) is 7.11 Å². The number of hydrogen-bond acceptors (Lipinski definition) is 5. The molecule has 0 unspecified atom stereocenters. The van der Waals surface area contributed by atoms with Gasteiger partial charge in [-0.05, 0) is 42.8 Å². The Morgan fingerprint density at radius 3 is 2.30 bits per heavy atom. The summed E-state index contributed by atoms with van der Waals surface area (Å²) in [4.78, 5) is 34.9. The van der Waals surface area contributed by atoms with E-state index >= 15 is 0 Å². The molecule has 2 rings (SSSR count). The quantitative estimate of drug-likeness (QED) is 0.722. The third-order valence-electron chi connectivity index (χ3n) is 3.49. The van der Waals surface area contributed by atoms with E-state index in [1.54, 1.807) is 55.5 Å². The molecule has 0 atom stereocenters. The van der Waals surface area contributed by atoms with Crippen molar-refractivity contribution in [2.75, 3.05) is 24.4 Å². The maximum absolute atomic E-state index is 12.3. The first-order valence-corrected chi connectivity index (χ1v) is 8.27. The molecule has 0 bridgehead atoms. The second-order valence-corrected chi connectivity index (χ2v) is 5.42. The van der Waals surface area contributed by atoms with Crippen molar-refractivity contribution >= 4 is 29.5 Å². The highest BCUT2D eigenvalue weighted by Crippen LogP contribution is 2.12. The van der Waals surface area contributed by atoms with Gasteiger partial charge in [-0.3, -0.25) is 15.4 Å². The van der Waals surface area contributed by atoms with Gasteiger partial charge >= 0.3 is 12.2 Å². The molecule has 0 saturated heterocycles. The van der Waals surface area contributed by atoms with Crippen LogP contribution in [0.2, 0.25) is 0 Å². The molecule has 2 aromatic rings. The number of hydrogen-bond donors (Lipinski definition) is 3. The number of anilines is 2. The number of carbonyl (C=O) groups excluding carboxylic acids is 3. The number of carbonyl (C=O) groups is 3. The molecule has 0 aliphatic carbocycles. The average Bonchev–Trinajstić information content (AvgIpc) is 2.67. The minimum atomic E-state index is -0.573. The molecular formula is C19H21N3O5. The van der Waals surface area contributed by atoms with Gasteiger partial charge in [-0.15, -0.1) is 0 Å². The van der Waals surface area contributed by atoms with Crippen molar-refractivity contribution in [2.24, 2.45) is 0 Å². The van der Waals surface area contributed by atoms with Crippen molar-refractivity contribution in [1.82, 2.24) is 5.32 Å². The van der Waals surface area contributed by atoms with E-state index in [0.29, 0.717) is 23.5 Å². The first kappa shape index (κ1) is 19.8. The van der Waals surface area contributed by atoms with E-state index in [2.05, 4.69) is 20.7 Å². The van der Waals surface area contributed by atoms with Gasteiger partial charge in [0, 0.05) is 23.5 Å². The standard InChI is InChI=1S/C19H21N3O5/c1-3-27-19(25)22-16-6-4-5-14(11-16)17(23)20-12-13-7-9-15(10-8-13)21-18(24)26-2/h4-11H,3,12H2,1-2H3,(H,20,23)(H,21,24)(H,22,25). The molecule has 0 spiro atoms. The fraction of sp³-hybridized carbons (Fsp3) is 0.211. The smallest absolute Gasteiger partial charge is 0.411 e. The summed E-state index contributed by atoms with van der Waals surface area (Å²) in [7, 11) is 1.29. The Morgan fingerprint density at radius 2 is 1.63 bits per heavy atom. The summed E-state index contributed by atoms with van der Waals surface area (Å²) in [5.74, 6) is -0.278. The number of rotatable bonds is 6. The summed E-state index contributed by atoms with van der Waals surface area (Å²) in [5, 5.41) is 7.90. The Morgan fingerprint density at radius 1 is 0.926 bits per heavy atom. The Kier molecular flexibility index (Phi) is 7.18. The summed E-state index contributed by atoms with van der Waals surface area (Å²) < 4.78 is 9.33. The highest BCUT2D eigenvalue weighted by Gasteiger charge is 2.08. The number of ether oxygens (including phenoxy) is 2. The van der Waals surface area contributed by atoms with Crippen molar-refractivity contribution in [2.45, 2.75) is 13.5 Å². The van der Waals surface area contributed by atoms with Gasteiger partial charge in [-0.25, -0.2) is 9.59 Å². The predicted molar refractivity (Wildman–Crippen MR) is 101 cm³/mol. The van der Waals surface area contributed by atoms with Gasteiger partial charge in [0.15, 0.2) is 0 Å². The molecule has 8 nitrogen and oxygen atoms in total. The monoisotopic (exact) mass is 371 g/mol. The molecule has 3 amide bonds. The molecule has 142 valence electrons. The minimum Gasteiger partial charge on any atom is -0.453 e. The van der Waals surface area contributed by atoms with E-state index in [4.69, 9.17) is 4.74 Å². The Hall–Kier alpha value is -3.55. The first-order valence-electron chi connectivity index (χ1n) is 8.27. The molecular weight excluding hydrogens is 350 g/mol. The van der Waals surface area contributed by atoms with Crippen LogP contribution in [0.1, 0.15) is 22.8 Å². The lowest BCUT2D eigenvalue weighted by Crippen LogP contribution is -2.23. The van der Waals surface area contributed by atoms with Crippen molar-refractivity contribution < 1.29 is 23.9 Å². The van der Waals surface area contributed by atoms with Gasteiger partial charge < -0.3 is 14.8 Å². The van der Waals surface area contributed by atoms with Crippen LogP contribution in [-0.2, 0) is 16.0 Å². The number of amides is 3. The third-order valence-corrected chi connectivity index (χ3v) is 3.49. The molecule has 27 heavy (non-hydrogen) atoms. The summed E-state index contributed by atoms with van der Waals surface area (Å²) in [5.41, 5.74) is 2.34. The van der Waals surface area contributed by atoms with Crippen molar-refractivity contribution in [3.63, 3.8) is 0 Å². The van der Waals surface area contributed by atoms with Gasteiger partial charge in [0.2, 0.25) is 0 Å². The molecule has 0 radical (unpaired) electrons. The van der Waals surface area contributed by atoms with E-state index in [9.17, 15) is 14.4 Å². The Labute approximate surface area is 156 Å². The normalized spacial score (nSPS) is 9.85. The second kappa shape index (κ2) is 9.81. The van der Waals surface area contributed by atoms with Crippen LogP contribution >= 0.6 is 0 Å². The lowest BCUT2D eigenvalue weighted by Gasteiger charge is -2.09. The lowest BCUT2D eigenvalue weighted by molar-refractivity contribution is 0.0950. The Balaban J connectivity index is 1.91. The number of nitrogens with one attached hydrogen (secondary N) is 3. The maximum Gasteiger partial charge on any atom is 0.411 e.